The fourth-order valence-electron chi connectivity index (χ4n) is 2.72. The van der Waals surface area contributed by atoms with Gasteiger partial charge in [0, 0.05) is 17.9 Å². The number of hydrogen-bond acceptors (Lipinski definition) is 5. The molecule has 1 fully saturated rings. The van der Waals surface area contributed by atoms with Crippen LogP contribution in [0.3, 0.4) is 0 Å². The maximum absolute atomic E-state index is 12.7. The van der Waals surface area contributed by atoms with Crippen LogP contribution in [0.15, 0.2) is 46.5 Å². The summed E-state index contributed by atoms with van der Waals surface area (Å²) in [7, 11) is 0. The number of amides is 2. The topological polar surface area (TPSA) is 70.1 Å². The molecule has 2 aliphatic rings. The fourth-order valence-corrected chi connectivity index (χ4v) is 3.66. The normalized spacial score (nSPS) is 19.0. The zero-order chi connectivity index (χ0) is 19.6. The zero-order valence-corrected chi connectivity index (χ0v) is 16.6. The van der Waals surface area contributed by atoms with Crippen LogP contribution in [-0.2, 0) is 14.4 Å². The summed E-state index contributed by atoms with van der Waals surface area (Å²) in [5.74, 6) is -0.226. The predicted molar refractivity (Wildman–Crippen MR) is 106 cm³/mol. The van der Waals surface area contributed by atoms with Gasteiger partial charge in [0.15, 0.2) is 5.78 Å². The van der Waals surface area contributed by atoms with E-state index in [1.54, 1.807) is 0 Å². The smallest absolute Gasteiger partial charge is 0.262 e. The summed E-state index contributed by atoms with van der Waals surface area (Å²) in [6, 6.07) is 9.74. The van der Waals surface area contributed by atoms with Gasteiger partial charge in [-0.05, 0) is 5.56 Å². The highest BCUT2D eigenvalue weighted by molar-refractivity contribution is 8.04. The molecule has 1 aromatic rings. The summed E-state index contributed by atoms with van der Waals surface area (Å²) in [6.07, 6.45) is 2.16. The van der Waals surface area contributed by atoms with Crippen LogP contribution in [0.2, 0.25) is 0 Å². The second kappa shape index (κ2) is 7.68. The van der Waals surface area contributed by atoms with E-state index in [0.29, 0.717) is 18.0 Å². The van der Waals surface area contributed by atoms with Crippen molar-refractivity contribution in [2.75, 3.05) is 18.8 Å². The van der Waals surface area contributed by atoms with E-state index >= 15 is 0 Å². The molecule has 1 saturated heterocycles. The van der Waals surface area contributed by atoms with Crippen LogP contribution in [0.4, 0.5) is 0 Å². The van der Waals surface area contributed by atoms with Gasteiger partial charge in [-0.1, -0.05) is 62.9 Å². The molecule has 2 amide bonds. The summed E-state index contributed by atoms with van der Waals surface area (Å²) in [5, 5.41) is 6.38. The molecule has 0 radical (unpaired) electrons. The van der Waals surface area contributed by atoms with Crippen molar-refractivity contribution in [1.82, 2.24) is 9.91 Å². The number of carbonyl (C=O) groups excluding carboxylic acids is 3. The Labute approximate surface area is 163 Å². The lowest BCUT2D eigenvalue weighted by molar-refractivity contribution is -0.136. The van der Waals surface area contributed by atoms with Crippen LogP contribution in [0.5, 0.6) is 0 Å². The Morgan fingerprint density at radius 2 is 1.93 bits per heavy atom. The Morgan fingerprint density at radius 1 is 1.22 bits per heavy atom. The monoisotopic (exact) mass is 385 g/mol. The van der Waals surface area contributed by atoms with Crippen molar-refractivity contribution in [1.29, 1.82) is 0 Å². The minimum absolute atomic E-state index is 0.0669. The van der Waals surface area contributed by atoms with E-state index in [1.165, 1.54) is 27.7 Å². The van der Waals surface area contributed by atoms with Gasteiger partial charge in [0.05, 0.1) is 23.0 Å². The van der Waals surface area contributed by atoms with E-state index in [4.69, 9.17) is 0 Å². The van der Waals surface area contributed by atoms with E-state index in [0.717, 1.165) is 11.3 Å². The maximum atomic E-state index is 12.7. The molecule has 2 aliphatic heterocycles. The summed E-state index contributed by atoms with van der Waals surface area (Å²) in [5.41, 5.74) is 1.33. The first-order valence-electron chi connectivity index (χ1n) is 8.88. The summed E-state index contributed by atoms with van der Waals surface area (Å²) in [4.78, 5) is 38.5. The number of allylic oxidation sites excluding steroid dienone is 1. The molecule has 1 aromatic carbocycles. The quantitative estimate of drug-likeness (QED) is 0.747. The zero-order valence-electron chi connectivity index (χ0n) is 15.8. The Morgan fingerprint density at radius 3 is 2.59 bits per heavy atom. The third kappa shape index (κ3) is 4.47. The first kappa shape index (κ1) is 19.4. The van der Waals surface area contributed by atoms with Gasteiger partial charge < -0.3 is 0 Å². The number of thioether (sulfide) groups is 1. The molecule has 7 heteroatoms. The molecule has 2 heterocycles. The van der Waals surface area contributed by atoms with Gasteiger partial charge in [0.25, 0.3) is 5.91 Å². The molecule has 0 N–H and O–H groups in total. The van der Waals surface area contributed by atoms with Crippen molar-refractivity contribution in [3.05, 3.63) is 47.0 Å². The van der Waals surface area contributed by atoms with Crippen molar-refractivity contribution < 1.29 is 14.4 Å². The molecule has 6 nitrogen and oxygen atoms in total. The summed E-state index contributed by atoms with van der Waals surface area (Å²) in [6.45, 7) is 5.88. The van der Waals surface area contributed by atoms with Crippen LogP contribution in [0.1, 0.15) is 32.8 Å². The molecule has 0 bridgehead atoms. The Bertz CT molecular complexity index is 825. The van der Waals surface area contributed by atoms with Crippen LogP contribution in [0, 0.1) is 5.41 Å². The second-order valence-electron chi connectivity index (χ2n) is 7.54. The highest BCUT2D eigenvalue weighted by atomic mass is 32.2. The number of carbonyl (C=O) groups is 3. The van der Waals surface area contributed by atoms with E-state index < -0.39 is 5.41 Å². The number of nitrogens with zero attached hydrogens (tertiary/aromatic N) is 3. The first-order chi connectivity index (χ1) is 12.8. The van der Waals surface area contributed by atoms with Gasteiger partial charge in [-0.3, -0.25) is 19.3 Å². The SMILES string of the molecule is CC(C)(C)C(=O)C=C1SCC(=O)N1CC(=O)N1CCC(c2ccccc2)=N1. The highest BCUT2D eigenvalue weighted by Crippen LogP contribution is 2.30. The van der Waals surface area contributed by atoms with Crippen molar-refractivity contribution in [2.24, 2.45) is 10.5 Å². The van der Waals surface area contributed by atoms with Crippen molar-refractivity contribution >= 4 is 35.1 Å². The van der Waals surface area contributed by atoms with Crippen LogP contribution < -0.4 is 0 Å². The Hall–Kier alpha value is -2.41. The van der Waals surface area contributed by atoms with E-state index in [9.17, 15) is 14.4 Å². The molecule has 142 valence electrons. The Balaban J connectivity index is 1.71. The maximum Gasteiger partial charge on any atom is 0.262 e. The highest BCUT2D eigenvalue weighted by Gasteiger charge is 2.33. The minimum Gasteiger partial charge on any atom is -0.296 e. The van der Waals surface area contributed by atoms with Crippen molar-refractivity contribution in [2.45, 2.75) is 27.2 Å². The molecule has 0 unspecified atom stereocenters. The lowest BCUT2D eigenvalue weighted by atomic mass is 9.91. The van der Waals surface area contributed by atoms with Crippen molar-refractivity contribution in [3.8, 4) is 0 Å². The van der Waals surface area contributed by atoms with Gasteiger partial charge >= 0.3 is 0 Å². The standard InChI is InChI=1S/C20H23N3O3S/c1-20(2,3)16(24)11-19-22(18(26)13-27-19)12-17(25)23-10-9-15(21-23)14-7-5-4-6-8-14/h4-8,11H,9-10,12-13H2,1-3H3. The molecule has 0 spiro atoms. The summed E-state index contributed by atoms with van der Waals surface area (Å²) >= 11 is 1.30. The number of hydrazone groups is 1. The first-order valence-corrected chi connectivity index (χ1v) is 9.87. The molecule has 0 aromatic heterocycles. The number of ketones is 1. The third-order valence-electron chi connectivity index (χ3n) is 4.39. The molecular weight excluding hydrogens is 362 g/mol. The second-order valence-corrected chi connectivity index (χ2v) is 8.54. The van der Waals surface area contributed by atoms with E-state index in [2.05, 4.69) is 5.10 Å². The number of benzene rings is 1. The minimum atomic E-state index is -0.529. The number of hydrogen-bond donors (Lipinski definition) is 0. The molecule has 0 aliphatic carbocycles. The third-order valence-corrected chi connectivity index (χ3v) is 5.42. The van der Waals surface area contributed by atoms with Crippen LogP contribution in [-0.4, -0.2) is 52.1 Å². The van der Waals surface area contributed by atoms with Crippen LogP contribution >= 0.6 is 11.8 Å². The van der Waals surface area contributed by atoms with Gasteiger partial charge in [-0.25, -0.2) is 5.01 Å². The van der Waals surface area contributed by atoms with Gasteiger partial charge in [-0.15, -0.1) is 0 Å². The fraction of sp³-hybridized carbons (Fsp3) is 0.400. The largest absolute Gasteiger partial charge is 0.296 e. The average molecular weight is 385 g/mol. The lowest BCUT2D eigenvalue weighted by Gasteiger charge is -2.20. The van der Waals surface area contributed by atoms with E-state index in [1.807, 2.05) is 51.1 Å². The molecule has 0 atom stereocenters. The molecule has 3 rings (SSSR count). The average Bonchev–Trinajstić information content (AvgIpc) is 3.24. The molecular formula is C20H23N3O3S. The Kier molecular flexibility index (Phi) is 5.51. The molecule has 0 saturated carbocycles. The lowest BCUT2D eigenvalue weighted by Crippen LogP contribution is -2.37. The van der Waals surface area contributed by atoms with Crippen molar-refractivity contribution in [3.63, 3.8) is 0 Å². The summed E-state index contributed by atoms with van der Waals surface area (Å²) < 4.78 is 0. The van der Waals surface area contributed by atoms with Crippen LogP contribution in [0.25, 0.3) is 0 Å². The predicted octanol–water partition coefficient (Wildman–Crippen LogP) is 2.66. The number of rotatable bonds is 4. The van der Waals surface area contributed by atoms with Gasteiger partial charge in [0.1, 0.15) is 6.54 Å². The van der Waals surface area contributed by atoms with E-state index in [-0.39, 0.29) is 29.9 Å². The van der Waals surface area contributed by atoms with Gasteiger partial charge in [0.2, 0.25) is 5.91 Å². The van der Waals surface area contributed by atoms with Gasteiger partial charge in [-0.2, -0.15) is 5.10 Å². The molecule has 27 heavy (non-hydrogen) atoms.